The van der Waals surface area contributed by atoms with Crippen LogP contribution in [0.15, 0.2) is 53.0 Å². The molecule has 0 radical (unpaired) electrons. The van der Waals surface area contributed by atoms with Crippen molar-refractivity contribution in [2.45, 2.75) is 32.9 Å². The smallest absolute Gasteiger partial charge is 0.0775 e. The van der Waals surface area contributed by atoms with Gasteiger partial charge in [0, 0.05) is 4.47 Å². The van der Waals surface area contributed by atoms with Crippen LogP contribution >= 0.6 is 15.9 Å². The number of ether oxygens (including phenoxy) is 1. The topological polar surface area (TPSA) is 9.23 Å². The van der Waals surface area contributed by atoms with E-state index in [0.717, 1.165) is 4.47 Å². The van der Waals surface area contributed by atoms with Crippen LogP contribution < -0.4 is 5.19 Å². The summed E-state index contributed by atoms with van der Waals surface area (Å²) in [6.45, 7) is 8.43. The molecule has 0 aromatic heterocycles. The molecule has 0 aliphatic rings. The number of benzene rings is 2. The zero-order valence-corrected chi connectivity index (χ0v) is 14.9. The second-order valence-corrected chi connectivity index (χ2v) is 12.1. The highest BCUT2D eigenvalue weighted by Gasteiger charge is 2.15. The Hall–Kier alpha value is -0.903. The SMILES string of the molecule is C[Si](C)(C)c1ccc(COCc2ccc(Br)cc2)cc1. The average Bonchev–Trinajstić information content (AvgIpc) is 2.41. The molecule has 106 valence electrons. The van der Waals surface area contributed by atoms with Crippen molar-refractivity contribution < 1.29 is 4.74 Å². The highest BCUT2D eigenvalue weighted by molar-refractivity contribution is 9.10. The molecule has 3 heteroatoms. The third-order valence-corrected chi connectivity index (χ3v) is 5.86. The van der Waals surface area contributed by atoms with Crippen LogP contribution in [-0.2, 0) is 18.0 Å². The number of hydrogen-bond acceptors (Lipinski definition) is 1. The molecule has 0 unspecified atom stereocenters. The highest BCUT2D eigenvalue weighted by Crippen LogP contribution is 2.12. The Bertz CT molecular complexity index is 541. The Morgan fingerprint density at radius 3 is 1.70 bits per heavy atom. The fraction of sp³-hybridized carbons (Fsp3) is 0.294. The molecule has 0 fully saturated rings. The normalized spacial score (nSPS) is 11.6. The first-order chi connectivity index (χ1) is 9.45. The minimum absolute atomic E-state index is 0.656. The van der Waals surface area contributed by atoms with E-state index in [1.54, 1.807) is 0 Å². The monoisotopic (exact) mass is 348 g/mol. The number of hydrogen-bond donors (Lipinski definition) is 0. The number of halogens is 1. The van der Waals surface area contributed by atoms with Crippen molar-refractivity contribution in [3.8, 4) is 0 Å². The molecule has 2 aromatic rings. The summed E-state index contributed by atoms with van der Waals surface area (Å²) >= 11 is 3.44. The summed E-state index contributed by atoms with van der Waals surface area (Å²) in [6.07, 6.45) is 0. The van der Waals surface area contributed by atoms with Crippen molar-refractivity contribution in [3.05, 3.63) is 64.1 Å². The largest absolute Gasteiger partial charge is 0.372 e. The van der Waals surface area contributed by atoms with Gasteiger partial charge in [-0.25, -0.2) is 0 Å². The molecule has 0 saturated carbocycles. The van der Waals surface area contributed by atoms with Crippen LogP contribution in [0.3, 0.4) is 0 Å². The van der Waals surface area contributed by atoms with Crippen LogP contribution in [0.2, 0.25) is 19.6 Å². The van der Waals surface area contributed by atoms with E-state index in [2.05, 4.69) is 72.0 Å². The van der Waals surface area contributed by atoms with Gasteiger partial charge in [0.1, 0.15) is 0 Å². The molecule has 0 bridgehead atoms. The maximum Gasteiger partial charge on any atom is 0.0775 e. The molecule has 0 aliphatic heterocycles. The van der Waals surface area contributed by atoms with E-state index >= 15 is 0 Å². The van der Waals surface area contributed by atoms with Crippen LogP contribution in [0.5, 0.6) is 0 Å². The van der Waals surface area contributed by atoms with E-state index in [1.807, 2.05) is 12.1 Å². The Morgan fingerprint density at radius 1 is 0.800 bits per heavy atom. The lowest BCUT2D eigenvalue weighted by molar-refractivity contribution is 0.107. The minimum Gasteiger partial charge on any atom is -0.372 e. The Morgan fingerprint density at radius 2 is 1.25 bits per heavy atom. The second kappa shape index (κ2) is 6.70. The van der Waals surface area contributed by atoms with Crippen molar-refractivity contribution in [2.24, 2.45) is 0 Å². The summed E-state index contributed by atoms with van der Waals surface area (Å²) in [5, 5.41) is 1.49. The third-order valence-electron chi connectivity index (χ3n) is 3.27. The molecular formula is C17H21BrOSi. The Kier molecular flexibility index (Phi) is 5.19. The first-order valence-electron chi connectivity index (χ1n) is 6.87. The van der Waals surface area contributed by atoms with E-state index in [0.29, 0.717) is 13.2 Å². The van der Waals surface area contributed by atoms with Gasteiger partial charge in [0.2, 0.25) is 0 Å². The molecule has 2 rings (SSSR count). The maximum absolute atomic E-state index is 5.77. The summed E-state index contributed by atoms with van der Waals surface area (Å²) in [4.78, 5) is 0. The van der Waals surface area contributed by atoms with Crippen LogP contribution in [0.4, 0.5) is 0 Å². The molecule has 0 N–H and O–H groups in total. The van der Waals surface area contributed by atoms with Crippen LogP contribution in [0, 0.1) is 0 Å². The maximum atomic E-state index is 5.77. The van der Waals surface area contributed by atoms with E-state index in [-0.39, 0.29) is 0 Å². The van der Waals surface area contributed by atoms with E-state index in [4.69, 9.17) is 4.74 Å². The molecule has 0 amide bonds. The van der Waals surface area contributed by atoms with Gasteiger partial charge in [0.25, 0.3) is 0 Å². The van der Waals surface area contributed by atoms with Gasteiger partial charge >= 0.3 is 0 Å². The molecule has 0 spiro atoms. The fourth-order valence-corrected chi connectivity index (χ4v) is 3.40. The quantitative estimate of drug-likeness (QED) is 0.711. The predicted octanol–water partition coefficient (Wildman–Crippen LogP) is 4.71. The van der Waals surface area contributed by atoms with Crippen LogP contribution in [0.1, 0.15) is 11.1 Å². The fourth-order valence-electron chi connectivity index (χ4n) is 1.97. The number of rotatable bonds is 5. The van der Waals surface area contributed by atoms with Gasteiger partial charge in [-0.1, -0.05) is 77.2 Å². The summed E-state index contributed by atoms with van der Waals surface area (Å²) in [7, 11) is -1.19. The predicted molar refractivity (Wildman–Crippen MR) is 92.1 cm³/mol. The van der Waals surface area contributed by atoms with Crippen molar-refractivity contribution >= 4 is 29.2 Å². The first kappa shape index (κ1) is 15.5. The van der Waals surface area contributed by atoms with Crippen molar-refractivity contribution in [1.29, 1.82) is 0 Å². The standard InChI is InChI=1S/C17H21BrOSi/c1-20(2,3)17-10-6-15(7-11-17)13-19-12-14-4-8-16(18)9-5-14/h4-11H,12-13H2,1-3H3. The van der Waals surface area contributed by atoms with Crippen molar-refractivity contribution in [2.75, 3.05) is 0 Å². The molecule has 0 heterocycles. The lowest BCUT2D eigenvalue weighted by Gasteiger charge is -2.16. The van der Waals surface area contributed by atoms with Crippen molar-refractivity contribution in [1.82, 2.24) is 0 Å². The minimum atomic E-state index is -1.19. The van der Waals surface area contributed by atoms with E-state index in [1.165, 1.54) is 16.3 Å². The Balaban J connectivity index is 1.87. The lowest BCUT2D eigenvalue weighted by Crippen LogP contribution is -2.37. The lowest BCUT2D eigenvalue weighted by atomic mass is 10.2. The molecule has 2 aromatic carbocycles. The second-order valence-electron chi connectivity index (χ2n) is 6.07. The summed E-state index contributed by atoms with van der Waals surface area (Å²) in [5.41, 5.74) is 2.44. The molecule has 0 atom stereocenters. The first-order valence-corrected chi connectivity index (χ1v) is 11.2. The summed E-state index contributed by atoms with van der Waals surface area (Å²) < 4.78 is 6.87. The van der Waals surface area contributed by atoms with Gasteiger partial charge in [-0.3, -0.25) is 0 Å². The van der Waals surface area contributed by atoms with Gasteiger partial charge in [-0.05, 0) is 23.3 Å². The molecule has 1 nitrogen and oxygen atoms in total. The van der Waals surface area contributed by atoms with E-state index < -0.39 is 8.07 Å². The Labute approximate surface area is 131 Å². The van der Waals surface area contributed by atoms with Crippen LogP contribution in [-0.4, -0.2) is 8.07 Å². The van der Waals surface area contributed by atoms with Crippen LogP contribution in [0.25, 0.3) is 0 Å². The zero-order chi connectivity index (χ0) is 14.6. The van der Waals surface area contributed by atoms with Gasteiger partial charge in [-0.15, -0.1) is 0 Å². The molecular weight excluding hydrogens is 328 g/mol. The van der Waals surface area contributed by atoms with Gasteiger partial charge in [-0.2, -0.15) is 0 Å². The van der Waals surface area contributed by atoms with E-state index in [9.17, 15) is 0 Å². The summed E-state index contributed by atoms with van der Waals surface area (Å²) in [6, 6.07) is 17.1. The third kappa shape index (κ3) is 4.58. The zero-order valence-electron chi connectivity index (χ0n) is 12.3. The van der Waals surface area contributed by atoms with Gasteiger partial charge < -0.3 is 4.74 Å². The van der Waals surface area contributed by atoms with Crippen molar-refractivity contribution in [3.63, 3.8) is 0 Å². The van der Waals surface area contributed by atoms with Gasteiger partial charge in [0.05, 0.1) is 21.3 Å². The molecule has 0 aliphatic carbocycles. The molecule has 0 saturated heterocycles. The summed E-state index contributed by atoms with van der Waals surface area (Å²) in [5.74, 6) is 0. The van der Waals surface area contributed by atoms with Gasteiger partial charge in [0.15, 0.2) is 0 Å². The molecule has 20 heavy (non-hydrogen) atoms. The highest BCUT2D eigenvalue weighted by atomic mass is 79.9. The average molecular weight is 349 g/mol.